The number of carboxylic acid groups (broad SMARTS) is 1. The molecule has 1 aromatic carbocycles. The third-order valence-electron chi connectivity index (χ3n) is 2.29. The van der Waals surface area contributed by atoms with Crippen LogP contribution in [0.2, 0.25) is 10.0 Å². The molecule has 1 aromatic rings. The first-order chi connectivity index (χ1) is 9.93. The second kappa shape index (κ2) is 8.15. The maximum atomic E-state index is 11.6. The summed E-state index contributed by atoms with van der Waals surface area (Å²) in [6.07, 6.45) is 0.986. The highest BCUT2D eigenvalue weighted by atomic mass is 35.5. The maximum absolute atomic E-state index is 11.6. The van der Waals surface area contributed by atoms with Crippen molar-refractivity contribution < 1.29 is 14.7 Å². The van der Waals surface area contributed by atoms with E-state index in [1.807, 2.05) is 0 Å². The van der Waals surface area contributed by atoms with Crippen molar-refractivity contribution in [1.29, 1.82) is 5.26 Å². The molecular weight excluding hydrogens is 317 g/mol. The molecule has 1 rings (SSSR count). The van der Waals surface area contributed by atoms with E-state index in [4.69, 9.17) is 33.6 Å². The molecule has 0 aliphatic heterocycles. The van der Waals surface area contributed by atoms with E-state index in [1.165, 1.54) is 12.3 Å². The molecule has 6 nitrogen and oxygen atoms in total. The Morgan fingerprint density at radius 3 is 2.62 bits per heavy atom. The molecule has 0 heterocycles. The van der Waals surface area contributed by atoms with Crippen LogP contribution in [0.15, 0.2) is 30.0 Å². The lowest BCUT2D eigenvalue weighted by Gasteiger charge is -2.05. The van der Waals surface area contributed by atoms with Crippen molar-refractivity contribution >= 4 is 40.8 Å². The number of benzene rings is 1. The quantitative estimate of drug-likeness (QED) is 0.550. The van der Waals surface area contributed by atoms with E-state index in [0.717, 1.165) is 0 Å². The summed E-state index contributed by atoms with van der Waals surface area (Å²) in [5.41, 5.74) is 0.363. The number of nitriles is 1. The zero-order chi connectivity index (χ0) is 15.8. The highest BCUT2D eigenvalue weighted by Gasteiger charge is 2.09. The molecule has 8 heteroatoms. The molecule has 1 amide bonds. The van der Waals surface area contributed by atoms with E-state index in [0.29, 0.717) is 15.7 Å². The zero-order valence-corrected chi connectivity index (χ0v) is 12.2. The number of hydrogen-bond donors (Lipinski definition) is 3. The van der Waals surface area contributed by atoms with Gasteiger partial charge in [0.1, 0.15) is 11.6 Å². The zero-order valence-electron chi connectivity index (χ0n) is 10.7. The summed E-state index contributed by atoms with van der Waals surface area (Å²) in [6.45, 7) is -0.0556. The average molecular weight is 328 g/mol. The Morgan fingerprint density at radius 2 is 2.05 bits per heavy atom. The molecule has 0 radical (unpaired) electrons. The van der Waals surface area contributed by atoms with E-state index in [2.05, 4.69) is 10.6 Å². The third kappa shape index (κ3) is 5.73. The van der Waals surface area contributed by atoms with Gasteiger partial charge >= 0.3 is 5.97 Å². The van der Waals surface area contributed by atoms with Crippen LogP contribution in [-0.2, 0) is 9.59 Å². The van der Waals surface area contributed by atoms with Gasteiger partial charge in [0.2, 0.25) is 0 Å². The van der Waals surface area contributed by atoms with Gasteiger partial charge in [0.15, 0.2) is 0 Å². The molecule has 0 unspecified atom stereocenters. The molecule has 0 saturated heterocycles. The molecule has 3 N–H and O–H groups in total. The number of carboxylic acids is 1. The van der Waals surface area contributed by atoms with Crippen molar-refractivity contribution in [3.63, 3.8) is 0 Å². The molecule has 0 fully saturated rings. The smallest absolute Gasteiger partial charge is 0.305 e. The fraction of sp³-hybridized carbons (Fsp3) is 0.154. The predicted octanol–water partition coefficient (Wildman–Crippen LogP) is 2.40. The van der Waals surface area contributed by atoms with Crippen LogP contribution in [0.25, 0.3) is 0 Å². The first-order valence-corrected chi connectivity index (χ1v) is 6.51. The van der Waals surface area contributed by atoms with Crippen molar-refractivity contribution in [2.24, 2.45) is 0 Å². The van der Waals surface area contributed by atoms with Gasteiger partial charge in [-0.1, -0.05) is 23.2 Å². The average Bonchev–Trinajstić information content (AvgIpc) is 2.43. The summed E-state index contributed by atoms with van der Waals surface area (Å²) >= 11 is 11.6. The molecule has 0 spiro atoms. The number of nitrogens with one attached hydrogen (secondary N) is 2. The Labute approximate surface area is 131 Å². The number of carbonyl (C=O) groups is 2. The van der Waals surface area contributed by atoms with E-state index in [9.17, 15) is 9.59 Å². The first kappa shape index (κ1) is 16.8. The van der Waals surface area contributed by atoms with Crippen molar-refractivity contribution in [2.45, 2.75) is 6.42 Å². The lowest BCUT2D eigenvalue weighted by atomic mass is 10.2. The number of halogens is 2. The summed E-state index contributed by atoms with van der Waals surface area (Å²) in [6, 6.07) is 6.45. The van der Waals surface area contributed by atoms with Gasteiger partial charge in [0.05, 0.1) is 16.5 Å². The topological polar surface area (TPSA) is 102 Å². The second-order valence-electron chi connectivity index (χ2n) is 3.84. The molecule has 0 saturated carbocycles. The number of carbonyl (C=O) groups excluding carboxylic acids is 1. The highest BCUT2D eigenvalue weighted by Crippen LogP contribution is 2.25. The van der Waals surface area contributed by atoms with Gasteiger partial charge in [0, 0.05) is 18.4 Å². The SMILES string of the molecule is N#C/C(=C/Nc1ccc(Cl)c(Cl)c1)C(=O)NCCC(=O)O. The van der Waals surface area contributed by atoms with Gasteiger partial charge in [-0.3, -0.25) is 9.59 Å². The van der Waals surface area contributed by atoms with Gasteiger partial charge < -0.3 is 15.7 Å². The van der Waals surface area contributed by atoms with Crippen molar-refractivity contribution in [3.8, 4) is 6.07 Å². The van der Waals surface area contributed by atoms with Crippen molar-refractivity contribution in [2.75, 3.05) is 11.9 Å². The standard InChI is InChI=1S/C13H11Cl2N3O3/c14-10-2-1-9(5-11(10)15)18-7-8(6-16)13(21)17-4-3-12(19)20/h1-2,5,7,18H,3-4H2,(H,17,21)(H,19,20)/b8-7-. The minimum atomic E-state index is -1.04. The van der Waals surface area contributed by atoms with E-state index in [-0.39, 0.29) is 18.5 Å². The van der Waals surface area contributed by atoms with Crippen LogP contribution in [0.4, 0.5) is 5.69 Å². The number of anilines is 1. The molecule has 0 bridgehead atoms. The van der Waals surface area contributed by atoms with Gasteiger partial charge in [-0.15, -0.1) is 0 Å². The van der Waals surface area contributed by atoms with E-state index < -0.39 is 11.9 Å². The van der Waals surface area contributed by atoms with E-state index in [1.54, 1.807) is 18.2 Å². The van der Waals surface area contributed by atoms with Crippen molar-refractivity contribution in [1.82, 2.24) is 5.32 Å². The van der Waals surface area contributed by atoms with Crippen molar-refractivity contribution in [3.05, 3.63) is 40.0 Å². The van der Waals surface area contributed by atoms with Gasteiger partial charge in [-0.2, -0.15) is 5.26 Å². The summed E-state index contributed by atoms with van der Waals surface area (Å²) in [7, 11) is 0. The lowest BCUT2D eigenvalue weighted by molar-refractivity contribution is -0.136. The molecular formula is C13H11Cl2N3O3. The Kier molecular flexibility index (Phi) is 6.53. The maximum Gasteiger partial charge on any atom is 0.305 e. The Hall–Kier alpha value is -2.23. The first-order valence-electron chi connectivity index (χ1n) is 5.76. The summed E-state index contributed by atoms with van der Waals surface area (Å²) in [5.74, 6) is -1.70. The second-order valence-corrected chi connectivity index (χ2v) is 4.66. The minimum absolute atomic E-state index is 0.0556. The van der Waals surface area contributed by atoms with Crippen LogP contribution in [-0.4, -0.2) is 23.5 Å². The Morgan fingerprint density at radius 1 is 1.33 bits per heavy atom. The predicted molar refractivity (Wildman–Crippen MR) is 79.0 cm³/mol. The number of rotatable bonds is 6. The number of nitrogens with zero attached hydrogens (tertiary/aromatic N) is 1. The lowest BCUT2D eigenvalue weighted by Crippen LogP contribution is -2.27. The Balaban J connectivity index is 2.66. The molecule has 0 aliphatic carbocycles. The van der Waals surface area contributed by atoms with Crippen LogP contribution in [0.3, 0.4) is 0 Å². The number of amides is 1. The molecule has 21 heavy (non-hydrogen) atoms. The number of aliphatic carboxylic acids is 1. The summed E-state index contributed by atoms with van der Waals surface area (Å²) < 4.78 is 0. The van der Waals surface area contributed by atoms with Crippen LogP contribution >= 0.6 is 23.2 Å². The van der Waals surface area contributed by atoms with Gasteiger partial charge in [-0.05, 0) is 18.2 Å². The minimum Gasteiger partial charge on any atom is -0.481 e. The fourth-order valence-corrected chi connectivity index (χ4v) is 1.57. The largest absolute Gasteiger partial charge is 0.481 e. The number of hydrogen-bond acceptors (Lipinski definition) is 4. The molecule has 0 aliphatic rings. The van der Waals surface area contributed by atoms with E-state index >= 15 is 0 Å². The normalized spacial score (nSPS) is 10.6. The Bertz CT molecular complexity index is 624. The highest BCUT2D eigenvalue weighted by molar-refractivity contribution is 6.42. The van der Waals surface area contributed by atoms with Crippen LogP contribution in [0.5, 0.6) is 0 Å². The summed E-state index contributed by atoms with van der Waals surface area (Å²) in [5, 5.41) is 23.1. The molecule has 0 atom stereocenters. The third-order valence-corrected chi connectivity index (χ3v) is 3.03. The van der Waals surface area contributed by atoms with Gasteiger partial charge in [-0.25, -0.2) is 0 Å². The molecule has 110 valence electrons. The monoisotopic (exact) mass is 327 g/mol. The fourth-order valence-electron chi connectivity index (χ4n) is 1.27. The molecule has 0 aromatic heterocycles. The van der Waals surface area contributed by atoms with Crippen LogP contribution < -0.4 is 10.6 Å². The van der Waals surface area contributed by atoms with Crippen LogP contribution in [0, 0.1) is 11.3 Å². The van der Waals surface area contributed by atoms with Crippen LogP contribution in [0.1, 0.15) is 6.42 Å². The van der Waals surface area contributed by atoms with Gasteiger partial charge in [0.25, 0.3) is 5.91 Å². The summed E-state index contributed by atoms with van der Waals surface area (Å²) in [4.78, 5) is 21.9.